The fourth-order valence-corrected chi connectivity index (χ4v) is 1.05. The molecule has 1 N–H and O–H groups in total. The fourth-order valence-electron chi connectivity index (χ4n) is 1.05. The van der Waals surface area contributed by atoms with Crippen molar-refractivity contribution in [3.05, 3.63) is 35.1 Å². The predicted octanol–water partition coefficient (Wildman–Crippen LogP) is 1.41. The molecule has 2 amide bonds. The normalized spacial score (nSPS) is 9.64. The topological polar surface area (TPSA) is 46.2 Å². The van der Waals surface area contributed by atoms with E-state index in [2.05, 4.69) is 0 Å². The average molecular weight is 195 g/mol. The van der Waals surface area contributed by atoms with Crippen LogP contribution in [0.1, 0.15) is 22.8 Å². The molecule has 0 radical (unpaired) electrons. The van der Waals surface area contributed by atoms with Gasteiger partial charge in [-0.15, -0.1) is 0 Å². The zero-order valence-corrected chi connectivity index (χ0v) is 7.93. The van der Waals surface area contributed by atoms with Gasteiger partial charge >= 0.3 is 0 Å². The summed E-state index contributed by atoms with van der Waals surface area (Å²) in [5.74, 6) is -1.80. The lowest BCUT2D eigenvalue weighted by Crippen LogP contribution is -2.28. The van der Waals surface area contributed by atoms with E-state index in [-0.39, 0.29) is 5.56 Å². The summed E-state index contributed by atoms with van der Waals surface area (Å²) in [5, 5.41) is 2.01. The van der Waals surface area contributed by atoms with E-state index in [0.717, 1.165) is 0 Å². The molecule has 0 spiro atoms. The first-order chi connectivity index (χ1) is 6.52. The molecule has 0 aromatic heterocycles. The van der Waals surface area contributed by atoms with Crippen LogP contribution in [0, 0.1) is 12.7 Å². The number of halogens is 1. The minimum atomic E-state index is -0.710. The lowest BCUT2D eigenvalue weighted by Gasteiger charge is -2.04. The highest BCUT2D eigenvalue weighted by molar-refractivity contribution is 6.04. The molecule has 0 atom stereocenters. The number of aryl methyl sites for hydroxylation is 1. The predicted molar refractivity (Wildman–Crippen MR) is 49.3 cm³/mol. The number of hydrogen-bond donors (Lipinski definition) is 1. The minimum Gasteiger partial charge on any atom is -0.292 e. The number of imide groups is 1. The Bertz CT molecular complexity index is 388. The Balaban J connectivity index is 3.01. The molecule has 4 heteroatoms. The van der Waals surface area contributed by atoms with E-state index in [1.54, 1.807) is 19.1 Å². The average Bonchev–Trinajstić information content (AvgIpc) is 2.08. The molecule has 0 aliphatic heterocycles. The number of benzene rings is 1. The number of rotatable bonds is 1. The Labute approximate surface area is 80.9 Å². The fraction of sp³-hybridized carbons (Fsp3) is 0.200. The van der Waals surface area contributed by atoms with Crippen LogP contribution in [0.3, 0.4) is 0 Å². The lowest BCUT2D eigenvalue weighted by molar-refractivity contribution is -0.118. The van der Waals surface area contributed by atoms with Crippen LogP contribution >= 0.6 is 0 Å². The van der Waals surface area contributed by atoms with Gasteiger partial charge in [-0.2, -0.15) is 0 Å². The van der Waals surface area contributed by atoms with Crippen LogP contribution in [0.15, 0.2) is 18.2 Å². The molecule has 0 fully saturated rings. The summed E-state index contributed by atoms with van der Waals surface area (Å²) in [4.78, 5) is 21.8. The van der Waals surface area contributed by atoms with Crippen LogP contribution < -0.4 is 5.32 Å². The van der Waals surface area contributed by atoms with Crippen molar-refractivity contribution in [1.82, 2.24) is 5.32 Å². The van der Waals surface area contributed by atoms with Crippen molar-refractivity contribution in [2.24, 2.45) is 0 Å². The largest absolute Gasteiger partial charge is 0.292 e. The Morgan fingerprint density at radius 2 is 2.00 bits per heavy atom. The van der Waals surface area contributed by atoms with Crippen molar-refractivity contribution in [2.75, 3.05) is 0 Å². The molecule has 0 aliphatic carbocycles. The Morgan fingerprint density at radius 3 is 2.57 bits per heavy atom. The third-order valence-corrected chi connectivity index (χ3v) is 1.73. The van der Waals surface area contributed by atoms with E-state index in [9.17, 15) is 14.0 Å². The first-order valence-corrected chi connectivity index (χ1v) is 4.09. The highest BCUT2D eigenvalue weighted by Crippen LogP contribution is 2.11. The molecule has 1 aromatic carbocycles. The van der Waals surface area contributed by atoms with Gasteiger partial charge in [-0.25, -0.2) is 4.39 Å². The van der Waals surface area contributed by atoms with Gasteiger partial charge in [0.2, 0.25) is 5.91 Å². The number of carbonyl (C=O) groups is 2. The summed E-state index contributed by atoms with van der Waals surface area (Å²) in [6.07, 6.45) is 0. The quantitative estimate of drug-likeness (QED) is 0.736. The maximum atomic E-state index is 13.3. The lowest BCUT2D eigenvalue weighted by atomic mass is 10.1. The van der Waals surface area contributed by atoms with E-state index in [1.807, 2.05) is 5.32 Å². The van der Waals surface area contributed by atoms with Gasteiger partial charge in [-0.3, -0.25) is 14.9 Å². The zero-order valence-electron chi connectivity index (χ0n) is 7.93. The Hall–Kier alpha value is -1.71. The summed E-state index contributed by atoms with van der Waals surface area (Å²) in [5.41, 5.74) is 0.265. The van der Waals surface area contributed by atoms with Gasteiger partial charge in [-0.1, -0.05) is 12.1 Å². The van der Waals surface area contributed by atoms with Gasteiger partial charge in [-0.05, 0) is 18.6 Å². The van der Waals surface area contributed by atoms with Crippen molar-refractivity contribution in [3.8, 4) is 0 Å². The smallest absolute Gasteiger partial charge is 0.260 e. The molecule has 1 rings (SSSR count). The molecule has 0 bridgehead atoms. The number of carbonyl (C=O) groups excluding carboxylic acids is 2. The zero-order chi connectivity index (χ0) is 10.7. The number of amides is 2. The van der Waals surface area contributed by atoms with Crippen LogP contribution in [0.2, 0.25) is 0 Å². The van der Waals surface area contributed by atoms with E-state index >= 15 is 0 Å². The van der Waals surface area contributed by atoms with Crippen LogP contribution in [0.25, 0.3) is 0 Å². The Kier molecular flexibility index (Phi) is 2.96. The van der Waals surface area contributed by atoms with Crippen LogP contribution in [-0.2, 0) is 4.79 Å². The first-order valence-electron chi connectivity index (χ1n) is 4.09. The van der Waals surface area contributed by atoms with Crippen LogP contribution in [0.5, 0.6) is 0 Å². The van der Waals surface area contributed by atoms with E-state index in [0.29, 0.717) is 5.56 Å². The molecule has 1 aromatic rings. The van der Waals surface area contributed by atoms with E-state index < -0.39 is 17.6 Å². The third kappa shape index (κ3) is 2.16. The summed E-state index contributed by atoms with van der Waals surface area (Å²) >= 11 is 0. The minimum absolute atomic E-state index is 0.111. The van der Waals surface area contributed by atoms with Gasteiger partial charge < -0.3 is 0 Å². The monoisotopic (exact) mass is 195 g/mol. The molecule has 0 heterocycles. The summed E-state index contributed by atoms with van der Waals surface area (Å²) in [7, 11) is 0. The Morgan fingerprint density at radius 1 is 1.36 bits per heavy atom. The maximum Gasteiger partial charge on any atom is 0.260 e. The van der Waals surface area contributed by atoms with Crippen molar-refractivity contribution in [3.63, 3.8) is 0 Å². The molecular weight excluding hydrogens is 185 g/mol. The second kappa shape index (κ2) is 4.00. The molecule has 0 aliphatic rings. The van der Waals surface area contributed by atoms with Gasteiger partial charge in [0.25, 0.3) is 5.91 Å². The van der Waals surface area contributed by atoms with E-state index in [4.69, 9.17) is 0 Å². The highest BCUT2D eigenvalue weighted by Gasteiger charge is 2.13. The molecule has 3 nitrogen and oxygen atoms in total. The third-order valence-electron chi connectivity index (χ3n) is 1.73. The van der Waals surface area contributed by atoms with Crippen LogP contribution in [-0.4, -0.2) is 11.8 Å². The molecule has 74 valence electrons. The number of nitrogens with one attached hydrogen (secondary N) is 1. The van der Waals surface area contributed by atoms with Gasteiger partial charge in [0.1, 0.15) is 5.82 Å². The molecular formula is C10H10FNO2. The molecule has 0 saturated heterocycles. The number of hydrogen-bond acceptors (Lipinski definition) is 2. The van der Waals surface area contributed by atoms with Crippen molar-refractivity contribution in [2.45, 2.75) is 13.8 Å². The SMILES string of the molecule is CC(=O)NC(=O)c1cccc(C)c1F. The van der Waals surface area contributed by atoms with E-state index in [1.165, 1.54) is 13.0 Å². The van der Waals surface area contributed by atoms with Crippen LogP contribution in [0.4, 0.5) is 4.39 Å². The maximum absolute atomic E-state index is 13.3. The van der Waals surface area contributed by atoms with Gasteiger partial charge in [0, 0.05) is 6.92 Å². The van der Waals surface area contributed by atoms with Gasteiger partial charge in [0.05, 0.1) is 5.56 Å². The second-order valence-corrected chi connectivity index (χ2v) is 2.95. The summed E-state index contributed by atoms with van der Waals surface area (Å²) in [6.45, 7) is 2.76. The van der Waals surface area contributed by atoms with Crippen molar-refractivity contribution >= 4 is 11.8 Å². The van der Waals surface area contributed by atoms with Crippen molar-refractivity contribution < 1.29 is 14.0 Å². The summed E-state index contributed by atoms with van der Waals surface area (Å²) in [6, 6.07) is 4.45. The first kappa shape index (κ1) is 10.4. The molecule has 14 heavy (non-hydrogen) atoms. The molecule has 0 saturated carbocycles. The standard InChI is InChI=1S/C10H10FNO2/c1-6-4-3-5-8(9(6)11)10(14)12-7(2)13/h3-5H,1-2H3,(H,12,13,14). The highest BCUT2D eigenvalue weighted by atomic mass is 19.1. The van der Waals surface area contributed by atoms with Crippen molar-refractivity contribution in [1.29, 1.82) is 0 Å². The second-order valence-electron chi connectivity index (χ2n) is 2.95. The van der Waals surface area contributed by atoms with Gasteiger partial charge in [0.15, 0.2) is 0 Å². The summed E-state index contributed by atoms with van der Waals surface area (Å²) < 4.78 is 13.3. The molecule has 0 unspecified atom stereocenters.